The number of carbonyl (C=O) groups is 2. The number of hydrogen-bond donors (Lipinski definition) is 0. The van der Waals surface area contributed by atoms with Crippen molar-refractivity contribution in [2.24, 2.45) is 0 Å². The van der Waals surface area contributed by atoms with Gasteiger partial charge in [-0.15, -0.1) is 0 Å². The van der Waals surface area contributed by atoms with Crippen molar-refractivity contribution in [3.05, 3.63) is 5.21 Å². The second-order valence-electron chi connectivity index (χ2n) is 2.72. The van der Waals surface area contributed by atoms with E-state index in [2.05, 4.69) is 16.1 Å². The summed E-state index contributed by atoms with van der Waals surface area (Å²) in [6, 6.07) is -0.875. The maximum absolute atomic E-state index is 11.1. The molecule has 1 rings (SSSR count). The first-order valence-corrected chi connectivity index (χ1v) is 3.61. The summed E-state index contributed by atoms with van der Waals surface area (Å²) in [5.74, 6) is -0.544. The fourth-order valence-electron chi connectivity index (χ4n) is 0.733. The van der Waals surface area contributed by atoms with E-state index in [1.807, 2.05) is 0 Å². The van der Waals surface area contributed by atoms with Gasteiger partial charge in [0.25, 0.3) is 5.91 Å². The zero-order chi connectivity index (χ0) is 8.81. The summed E-state index contributed by atoms with van der Waals surface area (Å²) in [4.78, 5) is 21.9. The van der Waals surface area contributed by atoms with E-state index in [-0.39, 0.29) is 5.06 Å². The fourth-order valence-corrected chi connectivity index (χ4v) is 1.31. The van der Waals surface area contributed by atoms with Crippen LogP contribution >= 0.6 is 16.1 Å². The van der Waals surface area contributed by atoms with Crippen LogP contribution in [-0.2, 0) is 4.79 Å². The first-order chi connectivity index (χ1) is 4.89. The van der Waals surface area contributed by atoms with Crippen LogP contribution in [0.3, 0.4) is 0 Å². The summed E-state index contributed by atoms with van der Waals surface area (Å²) >= 11 is 2.68. The van der Waals surface area contributed by atoms with Gasteiger partial charge >= 0.3 is 6.03 Å². The molecule has 0 unspecified atom stereocenters. The van der Waals surface area contributed by atoms with E-state index in [1.165, 1.54) is 13.8 Å². The number of imide groups is 1. The molecule has 0 saturated carbocycles. The first kappa shape index (κ1) is 8.48. The van der Waals surface area contributed by atoms with Crippen molar-refractivity contribution in [2.45, 2.75) is 19.4 Å². The Labute approximate surface area is 71.9 Å². The van der Waals surface area contributed by atoms with Crippen LogP contribution in [0, 0.1) is 5.21 Å². The second kappa shape index (κ2) is 2.18. The lowest BCUT2D eigenvalue weighted by atomic mass is 10.1. The summed E-state index contributed by atoms with van der Waals surface area (Å²) < 4.78 is 0.639. The van der Waals surface area contributed by atoms with E-state index in [1.54, 1.807) is 0 Å². The molecule has 6 heteroatoms. The minimum absolute atomic E-state index is 0.143. The predicted molar refractivity (Wildman–Crippen MR) is 40.5 cm³/mol. The molecular weight excluding hydrogens is 216 g/mol. The molecule has 5 nitrogen and oxygen atoms in total. The third-order valence-electron chi connectivity index (χ3n) is 1.55. The fraction of sp³-hybridized carbons (Fsp3) is 0.600. The number of amides is 3. The van der Waals surface area contributed by atoms with Crippen LogP contribution in [0.2, 0.25) is 0 Å². The molecule has 0 aromatic rings. The molecular formula is C5H6BrN2O3-. The van der Waals surface area contributed by atoms with E-state index in [4.69, 9.17) is 0 Å². The monoisotopic (exact) mass is 221 g/mol. The van der Waals surface area contributed by atoms with Gasteiger partial charge in [-0.25, -0.2) is 4.79 Å². The van der Waals surface area contributed by atoms with E-state index in [0.717, 1.165) is 0 Å². The number of urea groups is 1. The number of carbonyl (C=O) groups excluding carboxylic acids is 2. The van der Waals surface area contributed by atoms with Crippen LogP contribution in [0.1, 0.15) is 13.8 Å². The van der Waals surface area contributed by atoms with Gasteiger partial charge in [0.15, 0.2) is 0 Å². The molecule has 11 heavy (non-hydrogen) atoms. The molecule has 0 atom stereocenters. The van der Waals surface area contributed by atoms with Gasteiger partial charge in [0.05, 0.1) is 16.1 Å². The van der Waals surface area contributed by atoms with Crippen molar-refractivity contribution in [2.75, 3.05) is 0 Å². The van der Waals surface area contributed by atoms with Gasteiger partial charge in [-0.2, -0.15) is 3.93 Å². The lowest BCUT2D eigenvalue weighted by Gasteiger charge is -2.32. The molecule has 1 fully saturated rings. The molecule has 0 aromatic carbocycles. The molecule has 3 amide bonds. The Morgan fingerprint density at radius 3 is 2.00 bits per heavy atom. The Morgan fingerprint density at radius 1 is 1.45 bits per heavy atom. The maximum atomic E-state index is 11.1. The molecule has 1 heterocycles. The average molecular weight is 222 g/mol. The number of hydroxylamine groups is 2. The standard InChI is InChI=1S/C5H6BrN2O3/c1-5(2)3(9)7(6)4(10)8(5)11/h1-2H3/q-1. The van der Waals surface area contributed by atoms with Crippen molar-refractivity contribution in [1.29, 1.82) is 0 Å². The quantitative estimate of drug-likeness (QED) is 0.450. The number of halogens is 1. The molecule has 0 N–H and O–H groups in total. The lowest BCUT2D eigenvalue weighted by molar-refractivity contribution is -0.127. The molecule has 0 radical (unpaired) electrons. The topological polar surface area (TPSA) is 63.7 Å². The smallest absolute Gasteiger partial charge is 0.327 e. The van der Waals surface area contributed by atoms with Crippen LogP contribution in [0.15, 0.2) is 0 Å². The number of nitrogens with zero attached hydrogens (tertiary/aromatic N) is 2. The minimum atomic E-state index is -1.28. The maximum Gasteiger partial charge on any atom is 0.327 e. The highest BCUT2D eigenvalue weighted by Crippen LogP contribution is 2.28. The van der Waals surface area contributed by atoms with Crippen LogP contribution in [0.25, 0.3) is 0 Å². The molecule has 1 saturated heterocycles. The predicted octanol–water partition coefficient (Wildman–Crippen LogP) is 0.837. The Kier molecular flexibility index (Phi) is 1.68. The van der Waals surface area contributed by atoms with Crippen molar-refractivity contribution >= 4 is 28.1 Å². The Bertz CT molecular complexity index is 228. The highest BCUT2D eigenvalue weighted by atomic mass is 79.9. The summed E-state index contributed by atoms with van der Waals surface area (Å²) in [7, 11) is 0. The van der Waals surface area contributed by atoms with E-state index >= 15 is 0 Å². The van der Waals surface area contributed by atoms with Crippen molar-refractivity contribution in [3.8, 4) is 0 Å². The summed E-state index contributed by atoms with van der Waals surface area (Å²) in [5, 5.41) is 11.1. The first-order valence-electron chi connectivity index (χ1n) is 2.90. The summed E-state index contributed by atoms with van der Waals surface area (Å²) in [5.41, 5.74) is -1.28. The molecule has 1 aliphatic rings. The molecule has 1 aliphatic heterocycles. The Balaban J connectivity index is 3.06. The zero-order valence-electron chi connectivity index (χ0n) is 6.00. The van der Waals surface area contributed by atoms with Gasteiger partial charge in [-0.1, -0.05) is 0 Å². The third-order valence-corrected chi connectivity index (χ3v) is 2.18. The molecule has 0 aliphatic carbocycles. The van der Waals surface area contributed by atoms with Crippen LogP contribution in [0.5, 0.6) is 0 Å². The molecule has 0 spiro atoms. The third kappa shape index (κ3) is 0.935. The Hall–Kier alpha value is -0.620. The van der Waals surface area contributed by atoms with Crippen LogP contribution in [-0.4, -0.2) is 26.5 Å². The van der Waals surface area contributed by atoms with Gasteiger partial charge in [-0.3, -0.25) is 4.79 Å². The Morgan fingerprint density at radius 2 is 1.91 bits per heavy atom. The highest BCUT2D eigenvalue weighted by molar-refractivity contribution is 9.08. The van der Waals surface area contributed by atoms with Gasteiger partial charge < -0.3 is 10.3 Å². The largest absolute Gasteiger partial charge is 0.754 e. The normalized spacial score (nSPS) is 23.3. The van der Waals surface area contributed by atoms with E-state index < -0.39 is 17.5 Å². The van der Waals surface area contributed by atoms with Crippen molar-refractivity contribution in [1.82, 2.24) is 8.99 Å². The summed E-state index contributed by atoms with van der Waals surface area (Å²) in [6.45, 7) is 2.78. The number of hydrogen-bond acceptors (Lipinski definition) is 3. The van der Waals surface area contributed by atoms with Gasteiger partial charge in [0.1, 0.15) is 5.54 Å². The molecule has 0 bridgehead atoms. The molecule has 62 valence electrons. The van der Waals surface area contributed by atoms with Crippen molar-refractivity contribution in [3.63, 3.8) is 0 Å². The summed E-state index contributed by atoms with van der Waals surface area (Å²) in [6.07, 6.45) is 0. The SMILES string of the molecule is CC1(C)C(=O)N(Br)C(=O)N1[O-]. The van der Waals surface area contributed by atoms with Gasteiger partial charge in [0, 0.05) is 0 Å². The zero-order valence-corrected chi connectivity index (χ0v) is 7.58. The van der Waals surface area contributed by atoms with Gasteiger partial charge in [0.2, 0.25) is 0 Å². The lowest BCUT2D eigenvalue weighted by Crippen LogP contribution is -2.40. The van der Waals surface area contributed by atoms with Crippen LogP contribution < -0.4 is 0 Å². The molecule has 0 aromatic heterocycles. The average Bonchev–Trinajstić information content (AvgIpc) is 2.06. The van der Waals surface area contributed by atoms with E-state index in [9.17, 15) is 14.8 Å². The highest BCUT2D eigenvalue weighted by Gasteiger charge is 2.45. The van der Waals surface area contributed by atoms with Crippen LogP contribution in [0.4, 0.5) is 4.79 Å². The number of rotatable bonds is 0. The van der Waals surface area contributed by atoms with Gasteiger partial charge in [-0.05, 0) is 13.8 Å². The van der Waals surface area contributed by atoms with E-state index in [0.29, 0.717) is 3.93 Å². The van der Waals surface area contributed by atoms with Crippen molar-refractivity contribution < 1.29 is 9.59 Å². The second-order valence-corrected chi connectivity index (χ2v) is 3.43. The minimum Gasteiger partial charge on any atom is -0.754 e.